The van der Waals surface area contributed by atoms with E-state index in [1.165, 1.54) is 6.07 Å². The molecule has 2 aromatic rings. The highest BCUT2D eigenvalue weighted by Crippen LogP contribution is 2.20. The second-order valence-electron chi connectivity index (χ2n) is 3.60. The fourth-order valence-electron chi connectivity index (χ4n) is 1.47. The lowest BCUT2D eigenvalue weighted by Crippen LogP contribution is -1.96. The van der Waals surface area contributed by atoms with Gasteiger partial charge in [-0.1, -0.05) is 0 Å². The Bertz CT molecular complexity index is 587. The standard InChI is InChI=1S/C13H10FN3/c1-9-7-10(4-5-11(9)14)17-12-3-2-6-16-13(12)8-15/h2-7,17H,1H3. The van der Waals surface area contributed by atoms with Crippen molar-refractivity contribution in [1.29, 1.82) is 5.26 Å². The number of benzene rings is 1. The van der Waals surface area contributed by atoms with Gasteiger partial charge in [0.15, 0.2) is 5.69 Å². The van der Waals surface area contributed by atoms with Crippen molar-refractivity contribution >= 4 is 11.4 Å². The van der Waals surface area contributed by atoms with E-state index in [4.69, 9.17) is 5.26 Å². The van der Waals surface area contributed by atoms with Gasteiger partial charge in [-0.3, -0.25) is 0 Å². The fraction of sp³-hybridized carbons (Fsp3) is 0.0769. The van der Waals surface area contributed by atoms with E-state index in [1.54, 1.807) is 37.4 Å². The summed E-state index contributed by atoms with van der Waals surface area (Å²) in [6, 6.07) is 10.2. The Labute approximate surface area is 98.5 Å². The van der Waals surface area contributed by atoms with Crippen molar-refractivity contribution in [1.82, 2.24) is 4.98 Å². The molecule has 0 fully saturated rings. The summed E-state index contributed by atoms with van der Waals surface area (Å²) in [7, 11) is 0. The summed E-state index contributed by atoms with van der Waals surface area (Å²) in [4.78, 5) is 3.94. The predicted molar refractivity (Wildman–Crippen MR) is 63.4 cm³/mol. The lowest BCUT2D eigenvalue weighted by Gasteiger charge is -2.08. The van der Waals surface area contributed by atoms with Crippen LogP contribution in [0.2, 0.25) is 0 Å². The summed E-state index contributed by atoms with van der Waals surface area (Å²) in [5.74, 6) is -0.248. The van der Waals surface area contributed by atoms with Crippen molar-refractivity contribution in [2.24, 2.45) is 0 Å². The Balaban J connectivity index is 2.32. The number of rotatable bonds is 2. The zero-order valence-electron chi connectivity index (χ0n) is 9.24. The molecule has 0 atom stereocenters. The van der Waals surface area contributed by atoms with Gasteiger partial charge in [0.05, 0.1) is 5.69 Å². The molecule has 0 radical (unpaired) electrons. The molecule has 0 amide bonds. The molecule has 0 bridgehead atoms. The van der Waals surface area contributed by atoms with Crippen molar-refractivity contribution < 1.29 is 4.39 Å². The number of anilines is 2. The average molecular weight is 227 g/mol. The van der Waals surface area contributed by atoms with Gasteiger partial charge in [-0.25, -0.2) is 9.37 Å². The Morgan fingerprint density at radius 1 is 1.35 bits per heavy atom. The molecule has 1 heterocycles. The van der Waals surface area contributed by atoms with E-state index in [1.807, 2.05) is 6.07 Å². The van der Waals surface area contributed by atoms with Gasteiger partial charge >= 0.3 is 0 Å². The summed E-state index contributed by atoms with van der Waals surface area (Å²) in [5.41, 5.74) is 2.21. The maximum Gasteiger partial charge on any atom is 0.163 e. The molecule has 0 saturated heterocycles. The van der Waals surface area contributed by atoms with E-state index in [2.05, 4.69) is 10.3 Å². The zero-order valence-corrected chi connectivity index (χ0v) is 9.24. The summed E-state index contributed by atoms with van der Waals surface area (Å²) in [6.45, 7) is 1.69. The monoisotopic (exact) mass is 227 g/mol. The Kier molecular flexibility index (Phi) is 3.01. The van der Waals surface area contributed by atoms with Gasteiger partial charge in [0.2, 0.25) is 0 Å². The topological polar surface area (TPSA) is 48.7 Å². The van der Waals surface area contributed by atoms with Crippen LogP contribution in [0.4, 0.5) is 15.8 Å². The molecule has 2 rings (SSSR count). The van der Waals surface area contributed by atoms with Crippen molar-refractivity contribution in [2.45, 2.75) is 6.92 Å². The summed E-state index contributed by atoms with van der Waals surface area (Å²) >= 11 is 0. The number of hydrogen-bond acceptors (Lipinski definition) is 3. The van der Waals surface area contributed by atoms with E-state index in [0.29, 0.717) is 16.9 Å². The van der Waals surface area contributed by atoms with E-state index in [-0.39, 0.29) is 5.82 Å². The SMILES string of the molecule is Cc1cc(Nc2cccnc2C#N)ccc1F. The van der Waals surface area contributed by atoms with E-state index in [0.717, 1.165) is 5.69 Å². The van der Waals surface area contributed by atoms with Crippen molar-refractivity contribution in [3.05, 3.63) is 53.6 Å². The van der Waals surface area contributed by atoms with Gasteiger partial charge < -0.3 is 5.32 Å². The first-order valence-corrected chi connectivity index (χ1v) is 5.09. The maximum atomic E-state index is 13.1. The molecule has 84 valence electrons. The van der Waals surface area contributed by atoms with Gasteiger partial charge in [-0.05, 0) is 42.8 Å². The molecule has 0 aliphatic rings. The Morgan fingerprint density at radius 2 is 2.18 bits per heavy atom. The normalized spacial score (nSPS) is 9.71. The van der Waals surface area contributed by atoms with Crippen LogP contribution in [-0.4, -0.2) is 4.98 Å². The van der Waals surface area contributed by atoms with Crippen LogP contribution in [0.1, 0.15) is 11.3 Å². The van der Waals surface area contributed by atoms with E-state index in [9.17, 15) is 4.39 Å². The number of aromatic nitrogens is 1. The Morgan fingerprint density at radius 3 is 2.88 bits per heavy atom. The van der Waals surface area contributed by atoms with Gasteiger partial charge in [0, 0.05) is 11.9 Å². The van der Waals surface area contributed by atoms with Gasteiger partial charge in [-0.2, -0.15) is 5.26 Å². The number of halogens is 1. The van der Waals surface area contributed by atoms with Crippen LogP contribution in [0.3, 0.4) is 0 Å². The number of pyridine rings is 1. The molecule has 1 aromatic heterocycles. The first kappa shape index (κ1) is 11.1. The highest BCUT2D eigenvalue weighted by atomic mass is 19.1. The van der Waals surface area contributed by atoms with Crippen LogP contribution in [0.15, 0.2) is 36.5 Å². The number of nitrogens with one attached hydrogen (secondary N) is 1. The number of nitriles is 1. The van der Waals surface area contributed by atoms with Crippen LogP contribution in [0.25, 0.3) is 0 Å². The van der Waals surface area contributed by atoms with Crippen LogP contribution in [0, 0.1) is 24.1 Å². The van der Waals surface area contributed by atoms with Crippen LogP contribution in [-0.2, 0) is 0 Å². The van der Waals surface area contributed by atoms with Gasteiger partial charge in [0.1, 0.15) is 11.9 Å². The van der Waals surface area contributed by atoms with E-state index >= 15 is 0 Å². The van der Waals surface area contributed by atoms with E-state index < -0.39 is 0 Å². The molecule has 0 aliphatic carbocycles. The first-order chi connectivity index (χ1) is 8.20. The Hall–Kier alpha value is -2.41. The zero-order chi connectivity index (χ0) is 12.3. The molecule has 1 N–H and O–H groups in total. The smallest absolute Gasteiger partial charge is 0.163 e. The summed E-state index contributed by atoms with van der Waals surface area (Å²) < 4.78 is 13.1. The predicted octanol–water partition coefficient (Wildman–Crippen LogP) is 3.14. The number of hydrogen-bond donors (Lipinski definition) is 1. The van der Waals surface area contributed by atoms with Crippen LogP contribution in [0.5, 0.6) is 0 Å². The lowest BCUT2D eigenvalue weighted by atomic mass is 10.2. The van der Waals surface area contributed by atoms with Crippen molar-refractivity contribution in [3.8, 4) is 6.07 Å². The minimum atomic E-state index is -0.248. The summed E-state index contributed by atoms with van der Waals surface area (Å²) in [5, 5.41) is 11.9. The van der Waals surface area contributed by atoms with Crippen molar-refractivity contribution in [2.75, 3.05) is 5.32 Å². The second-order valence-corrected chi connectivity index (χ2v) is 3.60. The molecule has 0 unspecified atom stereocenters. The minimum Gasteiger partial charge on any atom is -0.353 e. The molecular weight excluding hydrogens is 217 g/mol. The molecule has 0 saturated carbocycles. The van der Waals surface area contributed by atoms with Gasteiger partial charge in [-0.15, -0.1) is 0 Å². The fourth-order valence-corrected chi connectivity index (χ4v) is 1.47. The second kappa shape index (κ2) is 4.62. The number of aryl methyl sites for hydroxylation is 1. The molecule has 3 nitrogen and oxygen atoms in total. The first-order valence-electron chi connectivity index (χ1n) is 5.09. The molecule has 0 aliphatic heterocycles. The lowest BCUT2D eigenvalue weighted by molar-refractivity contribution is 0.619. The van der Waals surface area contributed by atoms with Gasteiger partial charge in [0.25, 0.3) is 0 Å². The van der Waals surface area contributed by atoms with Crippen LogP contribution < -0.4 is 5.32 Å². The molecule has 0 spiro atoms. The molecular formula is C13H10FN3. The minimum absolute atomic E-state index is 0.248. The molecule has 17 heavy (non-hydrogen) atoms. The third-order valence-corrected chi connectivity index (χ3v) is 2.35. The highest BCUT2D eigenvalue weighted by Gasteiger charge is 2.03. The third-order valence-electron chi connectivity index (χ3n) is 2.35. The molecule has 1 aromatic carbocycles. The quantitative estimate of drug-likeness (QED) is 0.857. The van der Waals surface area contributed by atoms with Crippen LogP contribution >= 0.6 is 0 Å². The third kappa shape index (κ3) is 2.40. The summed E-state index contributed by atoms with van der Waals surface area (Å²) in [6.07, 6.45) is 1.56. The molecule has 4 heteroatoms. The maximum absolute atomic E-state index is 13.1. The largest absolute Gasteiger partial charge is 0.353 e. The van der Waals surface area contributed by atoms with Crippen molar-refractivity contribution in [3.63, 3.8) is 0 Å². The number of nitrogens with zero attached hydrogens (tertiary/aromatic N) is 2. The highest BCUT2D eigenvalue weighted by molar-refractivity contribution is 5.64. The average Bonchev–Trinajstić information content (AvgIpc) is 2.34.